The molecule has 1 fully saturated rings. The molecule has 2 atom stereocenters. The van der Waals surface area contributed by atoms with Crippen LogP contribution in [0.4, 0.5) is 0 Å². The van der Waals surface area contributed by atoms with Crippen LogP contribution >= 0.6 is 0 Å². The largest absolute Gasteiger partial charge is 0.481 e. The van der Waals surface area contributed by atoms with E-state index in [0.29, 0.717) is 12.8 Å². The van der Waals surface area contributed by atoms with Crippen molar-refractivity contribution in [2.75, 3.05) is 0 Å². The second-order valence-corrected chi connectivity index (χ2v) is 6.92. The Balaban J connectivity index is 2.14. The van der Waals surface area contributed by atoms with Crippen molar-refractivity contribution in [3.63, 3.8) is 0 Å². The van der Waals surface area contributed by atoms with Gasteiger partial charge in [0.05, 0.1) is 5.92 Å². The Morgan fingerprint density at radius 2 is 2.10 bits per heavy atom. The second kappa shape index (κ2) is 5.49. The highest BCUT2D eigenvalue weighted by Crippen LogP contribution is 2.27. The summed E-state index contributed by atoms with van der Waals surface area (Å²) in [4.78, 5) is 22.0. The van der Waals surface area contributed by atoms with Crippen LogP contribution in [0.25, 0.3) is 0 Å². The van der Waals surface area contributed by atoms with Gasteiger partial charge in [-0.25, -0.2) is 13.1 Å². The number of aryl methyl sites for hydroxylation is 1. The molecular formula is C12H17N3O5S. The molecule has 1 amide bonds. The topological polar surface area (TPSA) is 131 Å². The van der Waals surface area contributed by atoms with E-state index in [1.165, 1.54) is 23.9 Å². The van der Waals surface area contributed by atoms with Crippen LogP contribution in [0, 0.1) is 5.92 Å². The van der Waals surface area contributed by atoms with E-state index < -0.39 is 33.9 Å². The molecule has 0 aromatic carbocycles. The smallest absolute Gasteiger partial charge is 0.306 e. The van der Waals surface area contributed by atoms with Crippen LogP contribution in [0.3, 0.4) is 0 Å². The van der Waals surface area contributed by atoms with E-state index in [1.807, 2.05) is 0 Å². The lowest BCUT2D eigenvalue weighted by atomic mass is 10.1. The molecule has 116 valence electrons. The highest BCUT2D eigenvalue weighted by molar-refractivity contribution is 7.89. The SMILES string of the molecule is Cn1cc(S(=O)(=O)N[C@H]2CC[C@@H](C(=O)O)C2)cc1C(N)=O. The summed E-state index contributed by atoms with van der Waals surface area (Å²) in [6.07, 6.45) is 2.49. The first kappa shape index (κ1) is 15.5. The fraction of sp³-hybridized carbons (Fsp3) is 0.500. The van der Waals surface area contributed by atoms with Crippen LogP contribution in [0.2, 0.25) is 0 Å². The summed E-state index contributed by atoms with van der Waals surface area (Å²) >= 11 is 0. The number of rotatable bonds is 5. The van der Waals surface area contributed by atoms with Crippen LogP contribution in [0.5, 0.6) is 0 Å². The minimum Gasteiger partial charge on any atom is -0.481 e. The molecule has 1 aromatic rings. The van der Waals surface area contributed by atoms with Crippen molar-refractivity contribution < 1.29 is 23.1 Å². The highest BCUT2D eigenvalue weighted by atomic mass is 32.2. The number of nitrogens with zero attached hydrogens (tertiary/aromatic N) is 1. The maximum absolute atomic E-state index is 12.2. The predicted octanol–water partition coefficient (Wildman–Crippen LogP) is -0.344. The molecular weight excluding hydrogens is 298 g/mol. The van der Waals surface area contributed by atoms with Gasteiger partial charge in [0.25, 0.3) is 5.91 Å². The number of hydrogen-bond acceptors (Lipinski definition) is 4. The van der Waals surface area contributed by atoms with E-state index in [0.717, 1.165) is 0 Å². The zero-order valence-corrected chi connectivity index (χ0v) is 12.3. The number of primary amides is 1. The number of carbonyl (C=O) groups is 2. The maximum atomic E-state index is 12.2. The number of sulfonamides is 1. The quantitative estimate of drug-likeness (QED) is 0.683. The summed E-state index contributed by atoms with van der Waals surface area (Å²) in [6.45, 7) is 0. The van der Waals surface area contributed by atoms with Gasteiger partial charge >= 0.3 is 5.97 Å². The average molecular weight is 315 g/mol. The average Bonchev–Trinajstić information content (AvgIpc) is 2.95. The second-order valence-electron chi connectivity index (χ2n) is 5.20. The minimum absolute atomic E-state index is 0.0578. The van der Waals surface area contributed by atoms with E-state index in [1.54, 1.807) is 0 Å². The molecule has 9 heteroatoms. The standard InChI is InChI=1S/C12H17N3O5S/c1-15-6-9(5-10(15)11(13)16)21(19,20)14-8-3-2-7(4-8)12(17)18/h5-8,14H,2-4H2,1H3,(H2,13,16)(H,17,18)/t7-,8+/m1/s1. The fourth-order valence-electron chi connectivity index (χ4n) is 2.53. The van der Waals surface area contributed by atoms with Crippen LogP contribution < -0.4 is 10.5 Å². The van der Waals surface area contributed by atoms with Gasteiger partial charge in [0.2, 0.25) is 10.0 Å². The molecule has 0 saturated heterocycles. The molecule has 1 aliphatic rings. The van der Waals surface area contributed by atoms with Gasteiger partial charge < -0.3 is 15.4 Å². The summed E-state index contributed by atoms with van der Waals surface area (Å²) in [7, 11) is -2.28. The first-order valence-corrected chi connectivity index (χ1v) is 7.90. The third-order valence-electron chi connectivity index (χ3n) is 3.65. The zero-order valence-electron chi connectivity index (χ0n) is 11.4. The number of nitrogens with two attached hydrogens (primary N) is 1. The fourth-order valence-corrected chi connectivity index (χ4v) is 3.88. The third-order valence-corrected chi connectivity index (χ3v) is 5.13. The molecule has 4 N–H and O–H groups in total. The van der Waals surface area contributed by atoms with Gasteiger partial charge in [0, 0.05) is 19.3 Å². The summed E-state index contributed by atoms with van der Waals surface area (Å²) in [6, 6.07) is 0.794. The molecule has 8 nitrogen and oxygen atoms in total. The number of carboxylic acid groups (broad SMARTS) is 1. The molecule has 0 unspecified atom stereocenters. The van der Waals surface area contributed by atoms with Gasteiger partial charge in [-0.05, 0) is 25.3 Å². The summed E-state index contributed by atoms with van der Waals surface area (Å²) < 4.78 is 28.3. The summed E-state index contributed by atoms with van der Waals surface area (Å²) in [5.74, 6) is -2.15. The van der Waals surface area contributed by atoms with Crippen molar-refractivity contribution in [2.24, 2.45) is 18.7 Å². The normalized spacial score (nSPS) is 22.3. The van der Waals surface area contributed by atoms with Gasteiger partial charge in [-0.1, -0.05) is 0 Å². The number of aromatic nitrogens is 1. The Bertz CT molecular complexity index is 679. The van der Waals surface area contributed by atoms with Gasteiger partial charge in [0.1, 0.15) is 10.6 Å². The van der Waals surface area contributed by atoms with E-state index in [-0.39, 0.29) is 17.0 Å². The van der Waals surface area contributed by atoms with Crippen molar-refractivity contribution in [3.05, 3.63) is 18.0 Å². The molecule has 1 heterocycles. The van der Waals surface area contributed by atoms with Crippen molar-refractivity contribution in [2.45, 2.75) is 30.2 Å². The summed E-state index contributed by atoms with van der Waals surface area (Å²) in [5, 5.41) is 8.92. The molecule has 1 aromatic heterocycles. The maximum Gasteiger partial charge on any atom is 0.306 e. The molecule has 21 heavy (non-hydrogen) atoms. The number of carboxylic acids is 1. The number of hydrogen-bond donors (Lipinski definition) is 3. The molecule has 0 radical (unpaired) electrons. The van der Waals surface area contributed by atoms with Crippen LogP contribution in [0.15, 0.2) is 17.2 Å². The van der Waals surface area contributed by atoms with Crippen molar-refractivity contribution in [1.82, 2.24) is 9.29 Å². The lowest BCUT2D eigenvalue weighted by molar-refractivity contribution is -0.141. The van der Waals surface area contributed by atoms with Crippen molar-refractivity contribution in [1.29, 1.82) is 0 Å². The minimum atomic E-state index is -3.80. The highest BCUT2D eigenvalue weighted by Gasteiger charge is 2.33. The predicted molar refractivity (Wildman–Crippen MR) is 73.0 cm³/mol. The van der Waals surface area contributed by atoms with Gasteiger partial charge in [0.15, 0.2) is 0 Å². The molecule has 2 rings (SSSR count). The summed E-state index contributed by atoms with van der Waals surface area (Å²) in [5.41, 5.74) is 5.23. The molecule has 1 aliphatic carbocycles. The van der Waals surface area contributed by atoms with Gasteiger partial charge in [-0.15, -0.1) is 0 Å². The molecule has 0 spiro atoms. The van der Waals surface area contributed by atoms with Crippen molar-refractivity contribution in [3.8, 4) is 0 Å². The Kier molecular flexibility index (Phi) is 4.06. The molecule has 0 bridgehead atoms. The number of carbonyl (C=O) groups excluding carboxylic acids is 1. The van der Waals surface area contributed by atoms with Crippen LogP contribution in [0.1, 0.15) is 29.8 Å². The van der Waals surface area contributed by atoms with Crippen molar-refractivity contribution >= 4 is 21.9 Å². The Labute approximate surface area is 122 Å². The first-order valence-electron chi connectivity index (χ1n) is 6.42. The number of amides is 1. The Hall–Kier alpha value is -1.87. The Morgan fingerprint density at radius 1 is 1.43 bits per heavy atom. The third kappa shape index (κ3) is 3.24. The van der Waals surface area contributed by atoms with E-state index in [4.69, 9.17) is 10.8 Å². The molecule has 0 aliphatic heterocycles. The molecule has 1 saturated carbocycles. The lowest BCUT2D eigenvalue weighted by Gasteiger charge is -2.11. The van der Waals surface area contributed by atoms with Gasteiger partial charge in [-0.2, -0.15) is 0 Å². The number of aliphatic carboxylic acids is 1. The van der Waals surface area contributed by atoms with E-state index in [9.17, 15) is 18.0 Å². The number of nitrogens with one attached hydrogen (secondary N) is 1. The monoisotopic (exact) mass is 315 g/mol. The van der Waals surface area contributed by atoms with Crippen LogP contribution in [-0.4, -0.2) is 36.0 Å². The zero-order chi connectivity index (χ0) is 15.8. The Morgan fingerprint density at radius 3 is 2.57 bits per heavy atom. The lowest BCUT2D eigenvalue weighted by Crippen LogP contribution is -2.33. The van der Waals surface area contributed by atoms with Crippen LogP contribution in [-0.2, 0) is 21.9 Å². The van der Waals surface area contributed by atoms with E-state index >= 15 is 0 Å². The van der Waals surface area contributed by atoms with E-state index in [2.05, 4.69) is 4.72 Å². The van der Waals surface area contributed by atoms with Gasteiger partial charge in [-0.3, -0.25) is 9.59 Å². The first-order chi connectivity index (χ1) is 9.70.